The van der Waals surface area contributed by atoms with Crippen LogP contribution < -0.4 is 0 Å². The summed E-state index contributed by atoms with van der Waals surface area (Å²) in [4.78, 5) is 0. The molecule has 0 spiro atoms. The summed E-state index contributed by atoms with van der Waals surface area (Å²) in [7, 11) is 0. The number of allylic oxidation sites excluding steroid dienone is 2. The van der Waals surface area contributed by atoms with Crippen molar-refractivity contribution in [3.8, 4) is 0 Å². The summed E-state index contributed by atoms with van der Waals surface area (Å²) >= 11 is 0. The van der Waals surface area contributed by atoms with Gasteiger partial charge in [-0.25, -0.2) is 0 Å². The number of hydrogen-bond acceptors (Lipinski definition) is 0. The molecule has 0 saturated carbocycles. The Hall–Kier alpha value is -0.260. The Bertz CT molecular complexity index is 84.2. The van der Waals surface area contributed by atoms with E-state index in [9.17, 15) is 0 Å². The van der Waals surface area contributed by atoms with E-state index in [4.69, 9.17) is 0 Å². The van der Waals surface area contributed by atoms with E-state index in [0.29, 0.717) is 0 Å². The normalized spacial score (nSPS) is 9.00. The zero-order valence-corrected chi connectivity index (χ0v) is 6.41. The van der Waals surface area contributed by atoms with E-state index in [-0.39, 0.29) is 0 Å². The van der Waals surface area contributed by atoms with Crippen LogP contribution in [0.3, 0.4) is 0 Å². The Balaban J connectivity index is 3.62. The van der Waals surface area contributed by atoms with Crippen LogP contribution in [0.5, 0.6) is 0 Å². The third-order valence-corrected chi connectivity index (χ3v) is 1.48. The largest absolute Gasteiger partial charge is 0.0775 e. The predicted octanol–water partition coefficient (Wildman–Crippen LogP) is 3.14. The fourth-order valence-corrected chi connectivity index (χ4v) is 0.625. The molecular formula is C8H16. The van der Waals surface area contributed by atoms with Crippen LogP contribution in [0.4, 0.5) is 0 Å². The molecule has 0 heteroatoms. The standard InChI is InChI=1S/C8H16/c1-5-6-8(4)7(2)3/h5-6H2,1-4H3. The zero-order chi connectivity index (χ0) is 6.57. The molecule has 0 aliphatic heterocycles. The van der Waals surface area contributed by atoms with Crippen LogP contribution in [-0.2, 0) is 0 Å². The highest BCUT2D eigenvalue weighted by atomic mass is 13.9. The van der Waals surface area contributed by atoms with Crippen molar-refractivity contribution in [2.45, 2.75) is 40.5 Å². The molecule has 0 atom stereocenters. The topological polar surface area (TPSA) is 0 Å². The summed E-state index contributed by atoms with van der Waals surface area (Å²) < 4.78 is 0. The monoisotopic (exact) mass is 112 g/mol. The summed E-state index contributed by atoms with van der Waals surface area (Å²) in [5.74, 6) is 0. The van der Waals surface area contributed by atoms with Gasteiger partial charge in [0.15, 0.2) is 0 Å². The summed E-state index contributed by atoms with van der Waals surface area (Å²) in [6.45, 7) is 8.77. The molecule has 0 aromatic carbocycles. The van der Waals surface area contributed by atoms with Crippen molar-refractivity contribution >= 4 is 0 Å². The van der Waals surface area contributed by atoms with Crippen molar-refractivity contribution in [1.29, 1.82) is 0 Å². The first-order valence-corrected chi connectivity index (χ1v) is 3.31. The van der Waals surface area contributed by atoms with Crippen molar-refractivity contribution < 1.29 is 0 Å². The second-order valence-corrected chi connectivity index (χ2v) is 2.53. The second-order valence-electron chi connectivity index (χ2n) is 2.53. The highest BCUT2D eigenvalue weighted by Crippen LogP contribution is 2.07. The molecule has 0 unspecified atom stereocenters. The quantitative estimate of drug-likeness (QED) is 0.481. The van der Waals surface area contributed by atoms with Crippen LogP contribution in [0, 0.1) is 0 Å². The molecule has 0 aliphatic rings. The lowest BCUT2D eigenvalue weighted by Gasteiger charge is -1.98. The molecule has 0 nitrogen and oxygen atoms in total. The van der Waals surface area contributed by atoms with Crippen LogP contribution in [0.15, 0.2) is 11.1 Å². The molecule has 0 aromatic rings. The molecule has 0 amide bonds. The molecule has 0 heterocycles. The maximum atomic E-state index is 2.21. The van der Waals surface area contributed by atoms with Gasteiger partial charge in [-0.05, 0) is 27.2 Å². The van der Waals surface area contributed by atoms with Gasteiger partial charge in [-0.15, -0.1) is 0 Å². The van der Waals surface area contributed by atoms with Gasteiger partial charge in [0.25, 0.3) is 0 Å². The Morgan fingerprint density at radius 1 is 1.12 bits per heavy atom. The van der Waals surface area contributed by atoms with E-state index in [1.165, 1.54) is 18.4 Å². The van der Waals surface area contributed by atoms with Gasteiger partial charge in [-0.1, -0.05) is 24.5 Å². The molecule has 0 saturated heterocycles. The van der Waals surface area contributed by atoms with E-state index in [2.05, 4.69) is 27.7 Å². The first-order valence-electron chi connectivity index (χ1n) is 3.31. The lowest BCUT2D eigenvalue weighted by Crippen LogP contribution is -1.77. The first kappa shape index (κ1) is 7.74. The van der Waals surface area contributed by atoms with Crippen LogP contribution in [0.25, 0.3) is 0 Å². The van der Waals surface area contributed by atoms with E-state index in [1.54, 1.807) is 5.57 Å². The minimum Gasteiger partial charge on any atom is -0.0775 e. The first-order chi connectivity index (χ1) is 3.68. The van der Waals surface area contributed by atoms with Crippen LogP contribution in [-0.4, -0.2) is 0 Å². The molecular weight excluding hydrogens is 96.1 g/mol. The second kappa shape index (κ2) is 3.71. The molecule has 0 radical (unpaired) electrons. The van der Waals surface area contributed by atoms with Gasteiger partial charge in [-0.3, -0.25) is 0 Å². The smallest absolute Gasteiger partial charge is 0.0323 e. The fraction of sp³-hybridized carbons (Fsp3) is 0.750. The molecule has 0 rings (SSSR count). The number of hydrogen-bond donors (Lipinski definition) is 0. The zero-order valence-electron chi connectivity index (χ0n) is 6.41. The SMILES string of the molecule is CCCC(C)=C(C)C. The summed E-state index contributed by atoms with van der Waals surface area (Å²) in [6.07, 6.45) is 2.54. The fourth-order valence-electron chi connectivity index (χ4n) is 0.625. The predicted molar refractivity (Wildman–Crippen MR) is 39.0 cm³/mol. The molecule has 48 valence electrons. The van der Waals surface area contributed by atoms with Crippen molar-refractivity contribution in [3.63, 3.8) is 0 Å². The van der Waals surface area contributed by atoms with Gasteiger partial charge in [0.05, 0.1) is 0 Å². The minimum absolute atomic E-state index is 1.27. The van der Waals surface area contributed by atoms with Crippen molar-refractivity contribution in [1.82, 2.24) is 0 Å². The van der Waals surface area contributed by atoms with Crippen molar-refractivity contribution in [2.75, 3.05) is 0 Å². The molecule has 0 aliphatic carbocycles. The molecule has 0 fully saturated rings. The Morgan fingerprint density at radius 3 is 1.75 bits per heavy atom. The molecule has 0 bridgehead atoms. The van der Waals surface area contributed by atoms with Gasteiger partial charge in [-0.2, -0.15) is 0 Å². The highest BCUT2D eigenvalue weighted by Gasteiger charge is 1.87. The Morgan fingerprint density at radius 2 is 1.62 bits per heavy atom. The third-order valence-electron chi connectivity index (χ3n) is 1.48. The lowest BCUT2D eigenvalue weighted by molar-refractivity contribution is 0.890. The Labute approximate surface area is 52.6 Å². The summed E-state index contributed by atoms with van der Waals surface area (Å²) in [5, 5.41) is 0. The van der Waals surface area contributed by atoms with E-state index in [0.717, 1.165) is 0 Å². The average Bonchev–Trinajstić information content (AvgIpc) is 1.67. The highest BCUT2D eigenvalue weighted by molar-refractivity contribution is 5.05. The summed E-state index contributed by atoms with van der Waals surface area (Å²) in [6, 6.07) is 0. The third kappa shape index (κ3) is 2.84. The number of rotatable bonds is 2. The van der Waals surface area contributed by atoms with E-state index in [1.807, 2.05) is 0 Å². The van der Waals surface area contributed by atoms with Crippen molar-refractivity contribution in [3.05, 3.63) is 11.1 Å². The van der Waals surface area contributed by atoms with Crippen LogP contribution >= 0.6 is 0 Å². The average molecular weight is 112 g/mol. The van der Waals surface area contributed by atoms with Gasteiger partial charge >= 0.3 is 0 Å². The van der Waals surface area contributed by atoms with E-state index >= 15 is 0 Å². The summed E-state index contributed by atoms with van der Waals surface area (Å²) in [5.41, 5.74) is 3.03. The molecule has 0 aromatic heterocycles. The molecule has 0 N–H and O–H groups in total. The minimum atomic E-state index is 1.27. The maximum Gasteiger partial charge on any atom is -0.0323 e. The van der Waals surface area contributed by atoms with Crippen LogP contribution in [0.1, 0.15) is 40.5 Å². The van der Waals surface area contributed by atoms with Gasteiger partial charge in [0, 0.05) is 0 Å². The molecule has 8 heavy (non-hydrogen) atoms. The Kier molecular flexibility index (Phi) is 3.59. The van der Waals surface area contributed by atoms with Gasteiger partial charge < -0.3 is 0 Å². The van der Waals surface area contributed by atoms with Gasteiger partial charge in [0.2, 0.25) is 0 Å². The van der Waals surface area contributed by atoms with Crippen molar-refractivity contribution in [2.24, 2.45) is 0 Å². The maximum absolute atomic E-state index is 2.21. The lowest BCUT2D eigenvalue weighted by atomic mass is 10.1. The van der Waals surface area contributed by atoms with Gasteiger partial charge in [0.1, 0.15) is 0 Å². The van der Waals surface area contributed by atoms with Crippen LogP contribution in [0.2, 0.25) is 0 Å². The van der Waals surface area contributed by atoms with E-state index < -0.39 is 0 Å².